The number of hydrogen-bond acceptors (Lipinski definition) is 3. The Labute approximate surface area is 102 Å². The highest BCUT2D eigenvalue weighted by atomic mass is 16.2. The van der Waals surface area contributed by atoms with Crippen LogP contribution in [-0.2, 0) is 11.3 Å². The Kier molecular flexibility index (Phi) is 4.68. The van der Waals surface area contributed by atoms with Crippen molar-refractivity contribution in [3.05, 3.63) is 35.4 Å². The van der Waals surface area contributed by atoms with E-state index >= 15 is 0 Å². The molecule has 0 unspecified atom stereocenters. The summed E-state index contributed by atoms with van der Waals surface area (Å²) >= 11 is 0. The number of nitrogens with zero attached hydrogens (tertiary/aromatic N) is 2. The van der Waals surface area contributed by atoms with Gasteiger partial charge in [0.1, 0.15) is 0 Å². The fourth-order valence-electron chi connectivity index (χ4n) is 1.61. The molecule has 1 aromatic carbocycles. The van der Waals surface area contributed by atoms with Gasteiger partial charge in [0, 0.05) is 13.1 Å². The summed E-state index contributed by atoms with van der Waals surface area (Å²) in [4.78, 5) is 13.4. The molecule has 2 N–H and O–H groups in total. The molecular weight excluding hydrogens is 214 g/mol. The van der Waals surface area contributed by atoms with Crippen LogP contribution in [0.25, 0.3) is 0 Å². The zero-order chi connectivity index (χ0) is 12.8. The van der Waals surface area contributed by atoms with Gasteiger partial charge in [-0.1, -0.05) is 18.2 Å². The SMILES string of the molecule is CCN(Cc1ccccc1C#N)C(=O)[C@@H](C)N. The number of carbonyl (C=O) groups excluding carboxylic acids is 1. The molecule has 1 rings (SSSR count). The monoisotopic (exact) mass is 231 g/mol. The van der Waals surface area contributed by atoms with Crippen LogP contribution in [0, 0.1) is 11.3 Å². The summed E-state index contributed by atoms with van der Waals surface area (Å²) in [6, 6.07) is 8.89. The fourth-order valence-corrected chi connectivity index (χ4v) is 1.61. The van der Waals surface area contributed by atoms with E-state index in [1.54, 1.807) is 17.9 Å². The molecule has 0 fully saturated rings. The number of nitriles is 1. The highest BCUT2D eigenvalue weighted by molar-refractivity contribution is 5.81. The number of carbonyl (C=O) groups is 1. The first-order chi connectivity index (χ1) is 8.10. The van der Waals surface area contributed by atoms with E-state index in [0.29, 0.717) is 18.7 Å². The number of benzene rings is 1. The lowest BCUT2D eigenvalue weighted by molar-refractivity contribution is -0.132. The smallest absolute Gasteiger partial charge is 0.239 e. The largest absolute Gasteiger partial charge is 0.337 e. The summed E-state index contributed by atoms with van der Waals surface area (Å²) in [5.41, 5.74) is 7.03. The van der Waals surface area contributed by atoms with Crippen LogP contribution in [0.3, 0.4) is 0 Å². The first-order valence-corrected chi connectivity index (χ1v) is 5.62. The summed E-state index contributed by atoms with van der Waals surface area (Å²) in [6.07, 6.45) is 0. The van der Waals surface area contributed by atoms with Crippen molar-refractivity contribution in [3.8, 4) is 6.07 Å². The zero-order valence-corrected chi connectivity index (χ0v) is 10.2. The third-order valence-corrected chi connectivity index (χ3v) is 2.58. The van der Waals surface area contributed by atoms with Crippen LogP contribution in [0.2, 0.25) is 0 Å². The first kappa shape index (κ1) is 13.2. The molecule has 0 aromatic heterocycles. The number of rotatable bonds is 4. The molecule has 0 heterocycles. The third-order valence-electron chi connectivity index (χ3n) is 2.58. The van der Waals surface area contributed by atoms with Crippen LogP contribution in [0.15, 0.2) is 24.3 Å². The summed E-state index contributed by atoms with van der Waals surface area (Å²) < 4.78 is 0. The van der Waals surface area contributed by atoms with E-state index in [0.717, 1.165) is 5.56 Å². The number of likely N-dealkylation sites (N-methyl/N-ethyl adjacent to an activating group) is 1. The lowest BCUT2D eigenvalue weighted by Crippen LogP contribution is -2.41. The molecule has 4 nitrogen and oxygen atoms in total. The van der Waals surface area contributed by atoms with E-state index in [9.17, 15) is 4.79 Å². The van der Waals surface area contributed by atoms with Crippen molar-refractivity contribution in [3.63, 3.8) is 0 Å². The molecule has 0 saturated carbocycles. The molecule has 0 saturated heterocycles. The standard InChI is InChI=1S/C13H17N3O/c1-3-16(13(17)10(2)15)9-12-7-5-4-6-11(12)8-14/h4-7,10H,3,9,15H2,1-2H3/t10-/m1/s1. The molecule has 0 radical (unpaired) electrons. The first-order valence-electron chi connectivity index (χ1n) is 5.62. The Hall–Kier alpha value is -1.86. The van der Waals surface area contributed by atoms with Gasteiger partial charge >= 0.3 is 0 Å². The van der Waals surface area contributed by atoms with Gasteiger partial charge < -0.3 is 10.6 Å². The molecule has 0 aliphatic heterocycles. The van der Waals surface area contributed by atoms with Crippen molar-refractivity contribution in [2.75, 3.05) is 6.54 Å². The van der Waals surface area contributed by atoms with Gasteiger partial charge in [-0.2, -0.15) is 5.26 Å². The normalized spacial score (nSPS) is 11.6. The van der Waals surface area contributed by atoms with Gasteiger partial charge in [0.2, 0.25) is 5.91 Å². The summed E-state index contributed by atoms with van der Waals surface area (Å²) in [5.74, 6) is -0.0970. The predicted octanol–water partition coefficient (Wildman–Crippen LogP) is 1.25. The van der Waals surface area contributed by atoms with Gasteiger partial charge in [-0.15, -0.1) is 0 Å². The van der Waals surface area contributed by atoms with Gasteiger partial charge in [-0.3, -0.25) is 4.79 Å². The average molecular weight is 231 g/mol. The van der Waals surface area contributed by atoms with Gasteiger partial charge in [0.15, 0.2) is 0 Å². The summed E-state index contributed by atoms with van der Waals surface area (Å²) in [6.45, 7) is 4.58. The second kappa shape index (κ2) is 6.02. The Morgan fingerprint density at radius 3 is 2.71 bits per heavy atom. The predicted molar refractivity (Wildman–Crippen MR) is 65.9 cm³/mol. The van der Waals surface area contributed by atoms with E-state index < -0.39 is 6.04 Å². The van der Waals surface area contributed by atoms with E-state index in [4.69, 9.17) is 11.0 Å². The van der Waals surface area contributed by atoms with Gasteiger partial charge in [0.05, 0.1) is 17.7 Å². The van der Waals surface area contributed by atoms with Gasteiger partial charge in [0.25, 0.3) is 0 Å². The maximum absolute atomic E-state index is 11.8. The number of nitrogens with two attached hydrogens (primary N) is 1. The number of hydrogen-bond donors (Lipinski definition) is 1. The topological polar surface area (TPSA) is 70.1 Å². The number of amides is 1. The van der Waals surface area contributed by atoms with Crippen LogP contribution < -0.4 is 5.73 Å². The van der Waals surface area contributed by atoms with E-state index in [-0.39, 0.29) is 5.91 Å². The molecule has 4 heteroatoms. The van der Waals surface area contributed by atoms with E-state index in [2.05, 4.69) is 6.07 Å². The maximum atomic E-state index is 11.8. The minimum atomic E-state index is -0.510. The van der Waals surface area contributed by atoms with E-state index in [1.807, 2.05) is 25.1 Å². The minimum Gasteiger partial charge on any atom is -0.337 e. The molecule has 0 aliphatic carbocycles. The Balaban J connectivity index is 2.89. The Bertz CT molecular complexity index is 435. The summed E-state index contributed by atoms with van der Waals surface area (Å²) in [5, 5.41) is 8.97. The Morgan fingerprint density at radius 1 is 1.53 bits per heavy atom. The molecule has 90 valence electrons. The van der Waals surface area contributed by atoms with Crippen LogP contribution in [0.1, 0.15) is 25.0 Å². The third kappa shape index (κ3) is 3.30. The van der Waals surface area contributed by atoms with Crippen molar-refractivity contribution in [2.45, 2.75) is 26.4 Å². The fraction of sp³-hybridized carbons (Fsp3) is 0.385. The molecule has 1 aromatic rings. The molecule has 0 spiro atoms. The molecule has 0 aliphatic rings. The van der Waals surface area contributed by atoms with Gasteiger partial charge in [-0.05, 0) is 25.5 Å². The average Bonchev–Trinajstić information content (AvgIpc) is 2.35. The zero-order valence-electron chi connectivity index (χ0n) is 10.2. The van der Waals surface area contributed by atoms with Crippen LogP contribution >= 0.6 is 0 Å². The molecule has 0 bridgehead atoms. The molecular formula is C13H17N3O. The van der Waals surface area contributed by atoms with Crippen LogP contribution in [0.5, 0.6) is 0 Å². The highest BCUT2D eigenvalue weighted by Crippen LogP contribution is 2.11. The van der Waals surface area contributed by atoms with Crippen molar-refractivity contribution in [1.29, 1.82) is 5.26 Å². The maximum Gasteiger partial charge on any atom is 0.239 e. The van der Waals surface area contributed by atoms with Crippen molar-refractivity contribution < 1.29 is 4.79 Å². The summed E-state index contributed by atoms with van der Waals surface area (Å²) in [7, 11) is 0. The van der Waals surface area contributed by atoms with Crippen molar-refractivity contribution in [1.82, 2.24) is 4.90 Å². The minimum absolute atomic E-state index is 0.0970. The van der Waals surface area contributed by atoms with E-state index in [1.165, 1.54) is 0 Å². The van der Waals surface area contributed by atoms with Crippen molar-refractivity contribution >= 4 is 5.91 Å². The second-order valence-corrected chi connectivity index (χ2v) is 3.91. The van der Waals surface area contributed by atoms with Crippen LogP contribution in [-0.4, -0.2) is 23.4 Å². The molecule has 1 amide bonds. The van der Waals surface area contributed by atoms with Crippen molar-refractivity contribution in [2.24, 2.45) is 5.73 Å². The highest BCUT2D eigenvalue weighted by Gasteiger charge is 2.16. The molecule has 1 atom stereocenters. The van der Waals surface area contributed by atoms with Gasteiger partial charge in [-0.25, -0.2) is 0 Å². The quantitative estimate of drug-likeness (QED) is 0.847. The lowest BCUT2D eigenvalue weighted by atomic mass is 10.1. The lowest BCUT2D eigenvalue weighted by Gasteiger charge is -2.23. The second-order valence-electron chi connectivity index (χ2n) is 3.91. The van der Waals surface area contributed by atoms with Crippen LogP contribution in [0.4, 0.5) is 0 Å². The Morgan fingerprint density at radius 2 is 2.18 bits per heavy atom. The molecule has 17 heavy (non-hydrogen) atoms.